The molecule has 2 heterocycles. The van der Waals surface area contributed by atoms with Crippen molar-refractivity contribution in [1.82, 2.24) is 9.97 Å². The molecular weight excluding hydrogens is 398 g/mol. The van der Waals surface area contributed by atoms with Gasteiger partial charge >= 0.3 is 0 Å². The van der Waals surface area contributed by atoms with Crippen molar-refractivity contribution in [2.75, 3.05) is 4.90 Å². The number of nitrogens with zero attached hydrogens (tertiary/aromatic N) is 3. The lowest BCUT2D eigenvalue weighted by molar-refractivity contribution is -0.115. The van der Waals surface area contributed by atoms with E-state index in [2.05, 4.69) is 27.0 Å². The highest BCUT2D eigenvalue weighted by molar-refractivity contribution is 9.11. The van der Waals surface area contributed by atoms with Crippen molar-refractivity contribution in [3.63, 3.8) is 0 Å². The summed E-state index contributed by atoms with van der Waals surface area (Å²) in [7, 11) is 0. The second-order valence-corrected chi connectivity index (χ2v) is 8.13. The van der Waals surface area contributed by atoms with Crippen LogP contribution in [0.3, 0.4) is 0 Å². The first-order valence-corrected chi connectivity index (χ1v) is 9.49. The maximum atomic E-state index is 12.2. The maximum absolute atomic E-state index is 12.2. The first-order chi connectivity index (χ1) is 12.0. The fraction of sp³-hybridized carbons (Fsp3) is 0.211. The molecule has 0 spiro atoms. The summed E-state index contributed by atoms with van der Waals surface area (Å²) < 4.78 is 0.934. The van der Waals surface area contributed by atoms with Crippen molar-refractivity contribution in [2.45, 2.75) is 27.2 Å². The van der Waals surface area contributed by atoms with Gasteiger partial charge in [0, 0.05) is 25.2 Å². The normalized spacial score (nSPS) is 10.7. The molecule has 0 N–H and O–H groups in total. The van der Waals surface area contributed by atoms with E-state index in [4.69, 9.17) is 4.98 Å². The summed E-state index contributed by atoms with van der Waals surface area (Å²) >= 11 is 5.06. The first kappa shape index (κ1) is 17.8. The fourth-order valence-electron chi connectivity index (χ4n) is 2.53. The van der Waals surface area contributed by atoms with Crippen LogP contribution in [0.1, 0.15) is 29.4 Å². The quantitative estimate of drug-likeness (QED) is 0.588. The monoisotopic (exact) mass is 415 g/mol. The summed E-state index contributed by atoms with van der Waals surface area (Å²) in [5.74, 6) is -0.0609. The number of hydrogen-bond donors (Lipinski definition) is 0. The summed E-state index contributed by atoms with van der Waals surface area (Å²) in [6.45, 7) is 5.57. The standard InChI is InChI=1S/C19H18BrN3OS/c1-12-6-8-16(9-7-12)23(14(3)24)19-22-17(18(20)25-19)11-15-5-4-10-21-13(15)2/h4-10H,11H2,1-3H3. The van der Waals surface area contributed by atoms with Crippen molar-refractivity contribution < 1.29 is 4.79 Å². The number of amides is 1. The van der Waals surface area contributed by atoms with E-state index in [-0.39, 0.29) is 5.91 Å². The summed E-state index contributed by atoms with van der Waals surface area (Å²) in [5.41, 5.74) is 5.01. The molecule has 0 aliphatic rings. The molecule has 6 heteroatoms. The molecule has 3 rings (SSSR count). The van der Waals surface area contributed by atoms with Crippen LogP contribution in [0.15, 0.2) is 46.4 Å². The van der Waals surface area contributed by atoms with E-state index >= 15 is 0 Å². The van der Waals surface area contributed by atoms with Crippen molar-refractivity contribution in [3.05, 3.63) is 68.9 Å². The lowest BCUT2D eigenvalue weighted by Gasteiger charge is -2.18. The van der Waals surface area contributed by atoms with E-state index in [0.717, 1.165) is 32.0 Å². The predicted molar refractivity (Wildman–Crippen MR) is 106 cm³/mol. The molecule has 4 nitrogen and oxygen atoms in total. The molecule has 2 aromatic heterocycles. The van der Waals surface area contributed by atoms with Gasteiger partial charge in [-0.25, -0.2) is 4.98 Å². The lowest BCUT2D eigenvalue weighted by Crippen LogP contribution is -2.22. The summed E-state index contributed by atoms with van der Waals surface area (Å²) in [5, 5.41) is 0.666. The third kappa shape index (κ3) is 3.96. The van der Waals surface area contributed by atoms with Crippen LogP contribution in [0.2, 0.25) is 0 Å². The van der Waals surface area contributed by atoms with Crippen LogP contribution in [-0.4, -0.2) is 15.9 Å². The fourth-order valence-corrected chi connectivity index (χ4v) is 4.07. The van der Waals surface area contributed by atoms with E-state index in [0.29, 0.717) is 11.6 Å². The Balaban J connectivity index is 1.95. The van der Waals surface area contributed by atoms with Gasteiger partial charge in [-0.3, -0.25) is 14.7 Å². The Morgan fingerprint density at radius 2 is 1.92 bits per heavy atom. The zero-order valence-electron chi connectivity index (χ0n) is 14.3. The molecular formula is C19H18BrN3OS. The molecule has 128 valence electrons. The predicted octanol–water partition coefficient (Wildman–Crippen LogP) is 5.19. The summed E-state index contributed by atoms with van der Waals surface area (Å²) in [6.07, 6.45) is 2.46. The number of hydrogen-bond acceptors (Lipinski definition) is 4. The summed E-state index contributed by atoms with van der Waals surface area (Å²) in [4.78, 5) is 22.9. The van der Waals surface area contributed by atoms with E-state index in [1.165, 1.54) is 11.3 Å². The van der Waals surface area contributed by atoms with Gasteiger partial charge in [0.15, 0.2) is 5.13 Å². The topological polar surface area (TPSA) is 46.1 Å². The van der Waals surface area contributed by atoms with Gasteiger partial charge in [0.2, 0.25) is 5.91 Å². The maximum Gasteiger partial charge on any atom is 0.230 e. The molecule has 25 heavy (non-hydrogen) atoms. The third-order valence-corrected chi connectivity index (χ3v) is 5.73. The van der Waals surface area contributed by atoms with E-state index in [1.807, 2.05) is 44.2 Å². The number of benzene rings is 1. The number of aromatic nitrogens is 2. The van der Waals surface area contributed by atoms with Gasteiger partial charge in [0.25, 0.3) is 0 Å². The third-order valence-electron chi connectivity index (χ3n) is 3.91. The van der Waals surface area contributed by atoms with Crippen molar-refractivity contribution in [1.29, 1.82) is 0 Å². The van der Waals surface area contributed by atoms with Gasteiger partial charge in [0.1, 0.15) is 0 Å². The van der Waals surface area contributed by atoms with Gasteiger partial charge in [-0.1, -0.05) is 35.1 Å². The second kappa shape index (κ2) is 7.45. The highest BCUT2D eigenvalue weighted by atomic mass is 79.9. The lowest BCUT2D eigenvalue weighted by atomic mass is 10.1. The average molecular weight is 416 g/mol. The average Bonchev–Trinajstić information content (AvgIpc) is 2.92. The number of aryl methyl sites for hydroxylation is 2. The van der Waals surface area contributed by atoms with Gasteiger partial charge in [-0.2, -0.15) is 0 Å². The second-order valence-electron chi connectivity index (χ2n) is 5.83. The minimum Gasteiger partial charge on any atom is -0.274 e. The molecule has 0 atom stereocenters. The van der Waals surface area contributed by atoms with E-state index in [9.17, 15) is 4.79 Å². The Morgan fingerprint density at radius 3 is 2.56 bits per heavy atom. The van der Waals surface area contributed by atoms with Gasteiger partial charge in [-0.15, -0.1) is 0 Å². The van der Waals surface area contributed by atoms with Crippen LogP contribution in [0, 0.1) is 13.8 Å². The van der Waals surface area contributed by atoms with Crippen LogP contribution in [0.25, 0.3) is 0 Å². The number of rotatable bonds is 4. The molecule has 0 unspecified atom stereocenters. The molecule has 0 aliphatic heterocycles. The molecule has 0 radical (unpaired) electrons. The number of pyridine rings is 1. The van der Waals surface area contributed by atoms with E-state index < -0.39 is 0 Å². The SMILES string of the molecule is CC(=O)N(c1ccc(C)cc1)c1nc(Cc2cccnc2C)c(Br)s1. The molecule has 1 amide bonds. The Bertz CT molecular complexity index is 905. The molecule has 0 saturated heterocycles. The minimum atomic E-state index is -0.0609. The van der Waals surface area contributed by atoms with Crippen molar-refractivity contribution in [3.8, 4) is 0 Å². The Hall–Kier alpha value is -2.05. The zero-order valence-corrected chi connectivity index (χ0v) is 16.7. The van der Waals surface area contributed by atoms with Crippen LogP contribution < -0.4 is 4.90 Å². The van der Waals surface area contributed by atoms with Gasteiger partial charge in [0.05, 0.1) is 15.2 Å². The molecule has 0 bridgehead atoms. The number of halogens is 1. The smallest absolute Gasteiger partial charge is 0.230 e. The summed E-state index contributed by atoms with van der Waals surface area (Å²) in [6, 6.07) is 11.9. The number of anilines is 2. The van der Waals surface area contributed by atoms with Crippen LogP contribution in [0.4, 0.5) is 10.8 Å². The van der Waals surface area contributed by atoms with Crippen LogP contribution in [0.5, 0.6) is 0 Å². The molecule has 0 saturated carbocycles. The number of carbonyl (C=O) groups excluding carboxylic acids is 1. The van der Waals surface area contributed by atoms with Crippen LogP contribution >= 0.6 is 27.3 Å². The van der Waals surface area contributed by atoms with Crippen molar-refractivity contribution in [2.24, 2.45) is 0 Å². The number of carbonyl (C=O) groups is 1. The first-order valence-electron chi connectivity index (χ1n) is 7.89. The Kier molecular flexibility index (Phi) is 5.30. The highest BCUT2D eigenvalue weighted by Gasteiger charge is 2.20. The molecule has 0 fully saturated rings. The van der Waals surface area contributed by atoms with Crippen LogP contribution in [-0.2, 0) is 11.2 Å². The van der Waals surface area contributed by atoms with Gasteiger partial charge < -0.3 is 0 Å². The highest BCUT2D eigenvalue weighted by Crippen LogP contribution is 2.36. The molecule has 0 aliphatic carbocycles. The molecule has 3 aromatic rings. The minimum absolute atomic E-state index is 0.0609. The largest absolute Gasteiger partial charge is 0.274 e. The Labute approximate surface area is 159 Å². The molecule has 1 aromatic carbocycles. The van der Waals surface area contributed by atoms with Gasteiger partial charge in [-0.05, 0) is 53.5 Å². The van der Waals surface area contributed by atoms with E-state index in [1.54, 1.807) is 18.0 Å². The zero-order chi connectivity index (χ0) is 18.0. The van der Waals surface area contributed by atoms with Crippen molar-refractivity contribution >= 4 is 44.0 Å². The Morgan fingerprint density at radius 1 is 1.20 bits per heavy atom. The number of thiazole rings is 1.